The van der Waals surface area contributed by atoms with Gasteiger partial charge in [0.25, 0.3) is 0 Å². The zero-order chi connectivity index (χ0) is 21.8. The average Bonchev–Trinajstić information content (AvgIpc) is 3.62. The molecule has 1 unspecified atom stereocenters. The van der Waals surface area contributed by atoms with E-state index in [0.717, 1.165) is 17.3 Å². The summed E-state index contributed by atoms with van der Waals surface area (Å²) in [5, 5.41) is 7.99. The highest BCUT2D eigenvalue weighted by Crippen LogP contribution is 2.34. The number of anilines is 1. The molecule has 3 aromatic carbocycles. The lowest BCUT2D eigenvalue weighted by molar-refractivity contribution is -0.125. The van der Waals surface area contributed by atoms with E-state index in [0.29, 0.717) is 11.7 Å². The molecule has 6 heteroatoms. The summed E-state index contributed by atoms with van der Waals surface area (Å²) in [5.41, 5.74) is 1.89. The van der Waals surface area contributed by atoms with Crippen LogP contribution in [0.15, 0.2) is 71.2 Å². The number of fused-ring (bicyclic) bond motifs is 1. The summed E-state index contributed by atoms with van der Waals surface area (Å²) < 4.78 is 0.804. The molecule has 2 N–H and O–H groups in total. The third-order valence-corrected chi connectivity index (χ3v) is 6.38. The highest BCUT2D eigenvalue weighted by Gasteiger charge is 2.34. The smallest absolute Gasteiger partial charge is 0.243 e. The van der Waals surface area contributed by atoms with Gasteiger partial charge in [0, 0.05) is 16.6 Å². The van der Waals surface area contributed by atoms with E-state index in [1.54, 1.807) is 0 Å². The highest BCUT2D eigenvalue weighted by atomic mass is 79.9. The van der Waals surface area contributed by atoms with Gasteiger partial charge in [0.2, 0.25) is 11.8 Å². The lowest BCUT2D eigenvalue weighted by atomic mass is 10.0. The Balaban J connectivity index is 1.35. The van der Waals surface area contributed by atoms with Crippen molar-refractivity contribution in [2.24, 2.45) is 0 Å². The van der Waals surface area contributed by atoms with Gasteiger partial charge in [0.05, 0.1) is 18.8 Å². The third kappa shape index (κ3) is 5.51. The van der Waals surface area contributed by atoms with Gasteiger partial charge < -0.3 is 10.6 Å². The van der Waals surface area contributed by atoms with E-state index in [9.17, 15) is 9.59 Å². The molecule has 1 saturated carbocycles. The van der Waals surface area contributed by atoms with E-state index in [1.165, 1.54) is 16.3 Å². The minimum Gasteiger partial charge on any atom is -0.346 e. The predicted octanol–water partition coefficient (Wildman–Crippen LogP) is 4.88. The van der Waals surface area contributed by atoms with Gasteiger partial charge in [0.15, 0.2) is 0 Å². The van der Waals surface area contributed by atoms with E-state index in [4.69, 9.17) is 0 Å². The summed E-state index contributed by atoms with van der Waals surface area (Å²) in [6.45, 7) is 2.37. The zero-order valence-electron chi connectivity index (χ0n) is 17.5. The maximum atomic E-state index is 12.6. The van der Waals surface area contributed by atoms with Crippen LogP contribution in [-0.4, -0.2) is 35.8 Å². The highest BCUT2D eigenvalue weighted by molar-refractivity contribution is 9.10. The number of nitrogens with one attached hydrogen (secondary N) is 2. The first-order valence-electron chi connectivity index (χ1n) is 10.6. The third-order valence-electron chi connectivity index (χ3n) is 5.69. The van der Waals surface area contributed by atoms with Crippen LogP contribution >= 0.6 is 15.9 Å². The van der Waals surface area contributed by atoms with Crippen molar-refractivity contribution in [1.82, 2.24) is 10.2 Å². The maximum Gasteiger partial charge on any atom is 0.243 e. The Hall–Kier alpha value is -2.70. The minimum absolute atomic E-state index is 0.0525. The number of carbonyl (C=O) groups excluding carboxylic acids is 2. The summed E-state index contributed by atoms with van der Waals surface area (Å²) in [5.74, 6) is -0.386. The Bertz CT molecular complexity index is 1100. The first kappa shape index (κ1) is 21.5. The molecule has 1 atom stereocenters. The Morgan fingerprint density at radius 1 is 1.00 bits per heavy atom. The van der Waals surface area contributed by atoms with Crippen molar-refractivity contribution in [3.8, 4) is 0 Å². The Kier molecular flexibility index (Phi) is 6.68. The SMILES string of the molecule is CC(c1ccc2ccccc2c1)N(CC(=O)NCC(=O)Nc1ccccc1Br)C1CC1. The molecule has 0 saturated heterocycles. The van der Waals surface area contributed by atoms with Gasteiger partial charge in [-0.05, 0) is 70.2 Å². The van der Waals surface area contributed by atoms with Crippen molar-refractivity contribution in [1.29, 1.82) is 0 Å². The van der Waals surface area contributed by atoms with Crippen molar-refractivity contribution in [2.75, 3.05) is 18.4 Å². The molecular formula is C25H26BrN3O2. The number of hydrogen-bond donors (Lipinski definition) is 2. The van der Waals surface area contributed by atoms with Crippen LogP contribution in [0.2, 0.25) is 0 Å². The second-order valence-electron chi connectivity index (χ2n) is 7.99. The molecule has 0 bridgehead atoms. The maximum absolute atomic E-state index is 12.6. The normalized spacial score (nSPS) is 14.4. The van der Waals surface area contributed by atoms with E-state index >= 15 is 0 Å². The first-order chi connectivity index (χ1) is 15.0. The molecule has 1 aliphatic rings. The Morgan fingerprint density at radius 2 is 1.71 bits per heavy atom. The molecule has 0 aliphatic heterocycles. The van der Waals surface area contributed by atoms with Crippen molar-refractivity contribution >= 4 is 44.2 Å². The summed E-state index contributed by atoms with van der Waals surface area (Å²) in [7, 11) is 0. The van der Waals surface area contributed by atoms with Crippen LogP contribution in [0, 0.1) is 0 Å². The molecule has 3 aromatic rings. The van der Waals surface area contributed by atoms with E-state index in [1.807, 2.05) is 36.4 Å². The van der Waals surface area contributed by atoms with Crippen molar-refractivity contribution in [2.45, 2.75) is 31.8 Å². The lowest BCUT2D eigenvalue weighted by Gasteiger charge is -2.29. The number of carbonyl (C=O) groups is 2. The van der Waals surface area contributed by atoms with E-state index < -0.39 is 0 Å². The van der Waals surface area contributed by atoms with Crippen LogP contribution in [-0.2, 0) is 9.59 Å². The molecule has 0 heterocycles. The average molecular weight is 480 g/mol. The largest absolute Gasteiger partial charge is 0.346 e. The number of halogens is 1. The van der Waals surface area contributed by atoms with Crippen LogP contribution in [0.25, 0.3) is 10.8 Å². The second-order valence-corrected chi connectivity index (χ2v) is 8.85. The number of hydrogen-bond acceptors (Lipinski definition) is 3. The fourth-order valence-electron chi connectivity index (χ4n) is 3.81. The van der Waals surface area contributed by atoms with Crippen LogP contribution in [0.4, 0.5) is 5.69 Å². The van der Waals surface area contributed by atoms with Gasteiger partial charge in [-0.2, -0.15) is 0 Å². The standard InChI is InChI=1S/C25H26BrN3O2/c1-17(19-11-10-18-6-2-3-7-20(18)14-19)29(21-12-13-21)16-25(31)27-15-24(30)28-23-9-5-4-8-22(23)26/h2-11,14,17,21H,12-13,15-16H2,1H3,(H,27,31)(H,28,30). The van der Waals surface area contributed by atoms with Crippen LogP contribution < -0.4 is 10.6 Å². The molecule has 4 rings (SSSR count). The fourth-order valence-corrected chi connectivity index (χ4v) is 4.19. The second kappa shape index (κ2) is 9.62. The van der Waals surface area contributed by atoms with Gasteiger partial charge in [-0.25, -0.2) is 0 Å². The number of para-hydroxylation sites is 1. The molecule has 160 valence electrons. The molecule has 1 fully saturated rings. The molecule has 0 aromatic heterocycles. The predicted molar refractivity (Wildman–Crippen MR) is 128 cm³/mol. The molecular weight excluding hydrogens is 454 g/mol. The molecule has 0 radical (unpaired) electrons. The van der Waals surface area contributed by atoms with E-state index in [-0.39, 0.29) is 30.9 Å². The minimum atomic E-state index is -0.249. The van der Waals surface area contributed by atoms with Gasteiger partial charge in [0.1, 0.15) is 0 Å². The van der Waals surface area contributed by atoms with Crippen molar-refractivity contribution < 1.29 is 9.59 Å². The fraction of sp³-hybridized carbons (Fsp3) is 0.280. The molecule has 5 nitrogen and oxygen atoms in total. The summed E-state index contributed by atoms with van der Waals surface area (Å²) in [6, 6.07) is 22.7. The van der Waals surface area contributed by atoms with Crippen LogP contribution in [0.3, 0.4) is 0 Å². The summed E-state index contributed by atoms with van der Waals surface area (Å²) >= 11 is 3.40. The number of nitrogens with zero attached hydrogens (tertiary/aromatic N) is 1. The van der Waals surface area contributed by atoms with Gasteiger partial charge in [-0.1, -0.05) is 48.5 Å². The number of benzene rings is 3. The molecule has 2 amide bonds. The number of amides is 2. The van der Waals surface area contributed by atoms with Gasteiger partial charge in [-0.15, -0.1) is 0 Å². The monoisotopic (exact) mass is 479 g/mol. The van der Waals surface area contributed by atoms with E-state index in [2.05, 4.69) is 68.7 Å². The van der Waals surface area contributed by atoms with Crippen molar-refractivity contribution in [3.05, 3.63) is 76.8 Å². The summed E-state index contributed by atoms with van der Waals surface area (Å²) in [6.07, 6.45) is 2.21. The molecule has 0 spiro atoms. The Morgan fingerprint density at radius 3 is 2.45 bits per heavy atom. The van der Waals surface area contributed by atoms with Crippen molar-refractivity contribution in [3.63, 3.8) is 0 Å². The topological polar surface area (TPSA) is 61.4 Å². The molecule has 31 heavy (non-hydrogen) atoms. The van der Waals surface area contributed by atoms with Crippen LogP contribution in [0.1, 0.15) is 31.4 Å². The lowest BCUT2D eigenvalue weighted by Crippen LogP contribution is -2.42. The van der Waals surface area contributed by atoms with Gasteiger partial charge in [-0.3, -0.25) is 14.5 Å². The number of rotatable bonds is 8. The Labute approximate surface area is 190 Å². The first-order valence-corrected chi connectivity index (χ1v) is 11.4. The summed E-state index contributed by atoms with van der Waals surface area (Å²) in [4.78, 5) is 27.1. The quantitative estimate of drug-likeness (QED) is 0.483. The zero-order valence-corrected chi connectivity index (χ0v) is 19.1. The van der Waals surface area contributed by atoms with Crippen LogP contribution in [0.5, 0.6) is 0 Å². The van der Waals surface area contributed by atoms with Gasteiger partial charge >= 0.3 is 0 Å². The molecule has 1 aliphatic carbocycles.